The Bertz CT molecular complexity index is 1610. The predicted octanol–water partition coefficient (Wildman–Crippen LogP) is 10.3. The molecular weight excluding hydrogens is 861 g/mol. The number of hydrogen-bond donors (Lipinski definition) is 0. The predicted molar refractivity (Wildman–Crippen MR) is 239 cm³/mol. The standard InChI is InChI=1S/C53H84O14/c1-29-13-16-39-32(4)42(56-45-51(39)36(29)19-24-48(7,59-45)62-65-51)12-10-11-35(22-27-54-43-33(5)40-17-14-30(2)37-20-25-49(8)60-46(57-43)52(37,40)66-63-49)23-28-55-44-34(6)41-18-15-31(3)38-21-26-50(9)61-47(58-44)53(38,41)67-64-50/h29-47H,10-28H2,1-9H3/t29-,30-,31-,32-,33-,34-,35?,36+,37+,38+,39+,40+,41+,42?,43?,44?,45-,46-,47-,48+,49+,50+,51-,52-,53-/m1/s1. The zero-order valence-electron chi connectivity index (χ0n) is 42.1. The number of rotatable bonds is 12. The number of ether oxygens (including phenoxy) is 8. The Kier molecular flexibility index (Phi) is 12.2. The van der Waals surface area contributed by atoms with Crippen molar-refractivity contribution in [3.8, 4) is 0 Å². The Labute approximate surface area is 399 Å². The van der Waals surface area contributed by atoms with Gasteiger partial charge in [-0.2, -0.15) is 0 Å². The van der Waals surface area contributed by atoms with Crippen molar-refractivity contribution in [3.05, 3.63) is 0 Å². The summed E-state index contributed by atoms with van der Waals surface area (Å²) in [5, 5.41) is 0. The highest BCUT2D eigenvalue weighted by atomic mass is 17.3. The second-order valence-electron chi connectivity index (χ2n) is 25.1. The fourth-order valence-electron chi connectivity index (χ4n) is 17.2. The van der Waals surface area contributed by atoms with Crippen molar-refractivity contribution in [3.63, 3.8) is 0 Å². The summed E-state index contributed by atoms with van der Waals surface area (Å²) in [5.41, 5.74) is -1.75. The van der Waals surface area contributed by atoms with Gasteiger partial charge in [0.05, 0.1) is 19.3 Å². The van der Waals surface area contributed by atoms with E-state index in [0.29, 0.717) is 66.5 Å². The van der Waals surface area contributed by atoms with Crippen LogP contribution >= 0.6 is 0 Å². The first-order valence-corrected chi connectivity index (χ1v) is 27.4. The summed E-state index contributed by atoms with van der Waals surface area (Å²) >= 11 is 0. The maximum absolute atomic E-state index is 7.05. The summed E-state index contributed by atoms with van der Waals surface area (Å²) in [6.07, 6.45) is 14.9. The second-order valence-corrected chi connectivity index (χ2v) is 25.1. The molecular formula is C53H84O14. The zero-order valence-corrected chi connectivity index (χ0v) is 42.1. The van der Waals surface area contributed by atoms with Crippen LogP contribution in [-0.2, 0) is 67.2 Å². The van der Waals surface area contributed by atoms with Crippen LogP contribution in [0, 0.1) is 76.9 Å². The largest absolute Gasteiger partial charge is 0.352 e. The minimum atomic E-state index is -0.816. The van der Waals surface area contributed by atoms with E-state index in [2.05, 4.69) is 41.5 Å². The van der Waals surface area contributed by atoms with Crippen molar-refractivity contribution in [1.82, 2.24) is 0 Å². The summed E-state index contributed by atoms with van der Waals surface area (Å²) in [4.78, 5) is 37.6. The van der Waals surface area contributed by atoms with Crippen LogP contribution in [0.15, 0.2) is 0 Å². The SMILES string of the molecule is C[C@@H]1CC[C@H]2[C@@H](C)C(CCCC(CCOC3O[C@@H]4O[C@]5(C)CC[C@H]6[C@H](C)CC[C@@H]([C@H]3C)[C@@]46OO5)CCOC3O[C@@H]4O[C@]5(C)CC[C@H]6[C@H](C)CC[C@@H]([C@H]3C)[C@@]46OO5)O[C@@H]3O[C@]4(C)CC[C@@H]1[C@]32OO4. The van der Waals surface area contributed by atoms with Gasteiger partial charge in [-0.1, -0.05) is 54.4 Å². The van der Waals surface area contributed by atoms with Crippen LogP contribution in [0.4, 0.5) is 0 Å². The molecule has 3 spiro atoms. The molecule has 0 aromatic carbocycles. The first-order valence-electron chi connectivity index (χ1n) is 27.4. The molecule has 380 valence electrons. The topological polar surface area (TPSA) is 129 Å². The van der Waals surface area contributed by atoms with Crippen LogP contribution in [0.2, 0.25) is 0 Å². The maximum Gasteiger partial charge on any atom is 0.201 e. The third-order valence-corrected chi connectivity index (χ3v) is 21.2. The molecule has 12 aliphatic heterocycles. The molecule has 12 saturated heterocycles. The quantitative estimate of drug-likeness (QED) is 0.172. The van der Waals surface area contributed by atoms with E-state index < -0.39 is 53.0 Å². The maximum atomic E-state index is 7.05. The first-order chi connectivity index (χ1) is 32.1. The van der Waals surface area contributed by atoms with Gasteiger partial charge in [0.2, 0.25) is 17.4 Å². The fraction of sp³-hybridized carbons (Fsp3) is 1.00. The van der Waals surface area contributed by atoms with E-state index in [0.717, 1.165) is 89.9 Å². The van der Waals surface area contributed by atoms with Crippen molar-refractivity contribution in [2.75, 3.05) is 13.2 Å². The second kappa shape index (κ2) is 17.3. The molecule has 0 radical (unpaired) electrons. The van der Waals surface area contributed by atoms with Gasteiger partial charge >= 0.3 is 0 Å². The smallest absolute Gasteiger partial charge is 0.201 e. The van der Waals surface area contributed by atoms with Gasteiger partial charge in [0, 0.05) is 48.9 Å². The van der Waals surface area contributed by atoms with Crippen molar-refractivity contribution in [2.45, 2.75) is 243 Å². The minimum absolute atomic E-state index is 0.0806. The van der Waals surface area contributed by atoms with Gasteiger partial charge in [0.15, 0.2) is 48.3 Å². The van der Waals surface area contributed by atoms with Gasteiger partial charge in [-0.05, 0) is 145 Å². The molecule has 3 aliphatic carbocycles. The normalized spacial score (nSPS) is 57.6. The molecule has 15 rings (SSSR count). The molecule has 0 amide bonds. The van der Waals surface area contributed by atoms with E-state index in [1.54, 1.807) is 0 Å². The summed E-state index contributed by atoms with van der Waals surface area (Å²) in [6, 6.07) is 0. The van der Waals surface area contributed by atoms with E-state index in [1.165, 1.54) is 19.3 Å². The van der Waals surface area contributed by atoms with Gasteiger partial charge in [0.1, 0.15) is 0 Å². The Morgan fingerprint density at radius 3 is 1.24 bits per heavy atom. The lowest BCUT2D eigenvalue weighted by atomic mass is 9.57. The van der Waals surface area contributed by atoms with Gasteiger partial charge in [0.25, 0.3) is 0 Å². The highest BCUT2D eigenvalue weighted by Gasteiger charge is 2.72. The van der Waals surface area contributed by atoms with E-state index in [4.69, 9.17) is 67.2 Å². The molecule has 6 bridgehead atoms. The molecule has 0 N–H and O–H groups in total. The Morgan fingerprint density at radius 1 is 0.433 bits per heavy atom. The van der Waals surface area contributed by atoms with Crippen LogP contribution < -0.4 is 0 Å². The number of hydrogen-bond acceptors (Lipinski definition) is 14. The summed E-state index contributed by atoms with van der Waals surface area (Å²) in [7, 11) is 0. The highest BCUT2D eigenvalue weighted by Crippen LogP contribution is 2.64. The van der Waals surface area contributed by atoms with Crippen LogP contribution in [0.3, 0.4) is 0 Å². The Morgan fingerprint density at radius 2 is 0.821 bits per heavy atom. The molecule has 15 aliphatic rings. The first kappa shape index (κ1) is 47.4. The van der Waals surface area contributed by atoms with Crippen LogP contribution in [-0.4, -0.2) is 84.9 Å². The van der Waals surface area contributed by atoms with E-state index >= 15 is 0 Å². The van der Waals surface area contributed by atoms with Crippen LogP contribution in [0.25, 0.3) is 0 Å². The summed E-state index contributed by atoms with van der Waals surface area (Å²) in [6.45, 7) is 21.2. The summed E-state index contributed by atoms with van der Waals surface area (Å²) < 4.78 is 54.5. The molecule has 0 aromatic rings. The van der Waals surface area contributed by atoms with Crippen molar-refractivity contribution in [2.24, 2.45) is 76.9 Å². The van der Waals surface area contributed by atoms with Crippen LogP contribution in [0.5, 0.6) is 0 Å². The third kappa shape index (κ3) is 7.42. The van der Waals surface area contributed by atoms with Crippen molar-refractivity contribution in [1.29, 1.82) is 0 Å². The van der Waals surface area contributed by atoms with Gasteiger partial charge in [-0.25, -0.2) is 29.3 Å². The third-order valence-electron chi connectivity index (χ3n) is 21.2. The lowest BCUT2D eigenvalue weighted by Crippen LogP contribution is -2.70. The van der Waals surface area contributed by atoms with Crippen molar-refractivity contribution < 1.29 is 67.2 Å². The zero-order chi connectivity index (χ0) is 46.3. The van der Waals surface area contributed by atoms with E-state index in [1.807, 2.05) is 20.8 Å². The highest BCUT2D eigenvalue weighted by molar-refractivity contribution is 5.12. The molecule has 67 heavy (non-hydrogen) atoms. The summed E-state index contributed by atoms with van der Waals surface area (Å²) in [5.74, 6) is 1.89. The molecule has 3 saturated carbocycles. The lowest BCUT2D eigenvalue weighted by Gasteiger charge is -2.60. The molecule has 15 fully saturated rings. The average molecular weight is 945 g/mol. The van der Waals surface area contributed by atoms with Crippen LogP contribution in [0.1, 0.15) is 171 Å². The van der Waals surface area contributed by atoms with E-state index in [9.17, 15) is 0 Å². The number of fused-ring (bicyclic) bond motifs is 6. The fourth-order valence-corrected chi connectivity index (χ4v) is 17.2. The van der Waals surface area contributed by atoms with Gasteiger partial charge < -0.3 is 37.9 Å². The Balaban J connectivity index is 0.730. The molecule has 12 heterocycles. The lowest BCUT2D eigenvalue weighted by molar-refractivity contribution is -0.577. The van der Waals surface area contributed by atoms with Gasteiger partial charge in [-0.15, -0.1) is 0 Å². The Hall–Kier alpha value is -0.560. The molecule has 14 heteroatoms. The molecule has 14 nitrogen and oxygen atoms in total. The monoisotopic (exact) mass is 945 g/mol. The molecule has 24 atom stereocenters. The molecule has 0 aromatic heterocycles. The van der Waals surface area contributed by atoms with Gasteiger partial charge in [-0.3, -0.25) is 0 Å². The van der Waals surface area contributed by atoms with Crippen molar-refractivity contribution >= 4 is 0 Å². The minimum Gasteiger partial charge on any atom is -0.352 e. The average Bonchev–Trinajstić information content (AvgIpc) is 3.78. The van der Waals surface area contributed by atoms with E-state index in [-0.39, 0.29) is 42.4 Å². The molecule has 3 unspecified atom stereocenters.